The van der Waals surface area contributed by atoms with Crippen LogP contribution in [0.3, 0.4) is 0 Å². The van der Waals surface area contributed by atoms with Gasteiger partial charge in [0.05, 0.1) is 23.4 Å². The van der Waals surface area contributed by atoms with Crippen LogP contribution in [0, 0.1) is 19.7 Å². The Hall–Kier alpha value is -3.97. The molecule has 6 rings (SSSR count). The molecule has 3 heterocycles. The average molecular weight is 512 g/mol. The highest BCUT2D eigenvalue weighted by molar-refractivity contribution is 6.11. The SMILES string of the molecule is Cc1noc(C)c1-c1ccc2c3cc(C(=O)N4C[C@@H](C)O[C@@H](C)C4)ccc3n(Cc3cccc(F)c3)c2c1. The monoisotopic (exact) mass is 511 g/mol. The number of carbonyl (C=O) groups is 1. The molecule has 5 aromatic rings. The fourth-order valence-corrected chi connectivity index (χ4v) is 5.80. The maximum atomic E-state index is 14.1. The van der Waals surface area contributed by atoms with Crippen LogP contribution in [0.4, 0.5) is 4.39 Å². The Bertz CT molecular complexity index is 1660. The van der Waals surface area contributed by atoms with Crippen LogP contribution in [0.5, 0.6) is 0 Å². The third kappa shape index (κ3) is 4.27. The maximum absolute atomic E-state index is 14.1. The third-order valence-electron chi connectivity index (χ3n) is 7.37. The van der Waals surface area contributed by atoms with Crippen LogP contribution in [-0.4, -0.2) is 45.8 Å². The molecule has 7 heteroatoms. The van der Waals surface area contributed by atoms with E-state index in [9.17, 15) is 9.18 Å². The summed E-state index contributed by atoms with van der Waals surface area (Å²) in [4.78, 5) is 15.4. The molecule has 1 saturated heterocycles. The van der Waals surface area contributed by atoms with Gasteiger partial charge >= 0.3 is 0 Å². The van der Waals surface area contributed by atoms with Gasteiger partial charge in [-0.25, -0.2) is 4.39 Å². The predicted molar refractivity (Wildman–Crippen MR) is 146 cm³/mol. The Morgan fingerprint density at radius 1 is 0.974 bits per heavy atom. The van der Waals surface area contributed by atoms with Crippen molar-refractivity contribution in [3.63, 3.8) is 0 Å². The van der Waals surface area contributed by atoms with Crippen LogP contribution in [0.15, 0.2) is 65.2 Å². The molecule has 0 unspecified atom stereocenters. The van der Waals surface area contributed by atoms with Crippen molar-refractivity contribution in [2.24, 2.45) is 0 Å². The molecule has 0 radical (unpaired) electrons. The van der Waals surface area contributed by atoms with E-state index in [1.54, 1.807) is 12.1 Å². The molecule has 0 spiro atoms. The molecule has 0 aliphatic carbocycles. The van der Waals surface area contributed by atoms with E-state index in [2.05, 4.69) is 27.9 Å². The van der Waals surface area contributed by atoms with Gasteiger partial charge in [0.2, 0.25) is 0 Å². The first kappa shape index (κ1) is 24.4. The van der Waals surface area contributed by atoms with Gasteiger partial charge in [-0.1, -0.05) is 29.4 Å². The van der Waals surface area contributed by atoms with E-state index in [1.807, 2.05) is 56.9 Å². The minimum atomic E-state index is -0.262. The Kier molecular flexibility index (Phi) is 6.03. The Balaban J connectivity index is 1.51. The minimum absolute atomic E-state index is 0.00218. The molecular formula is C31H30FN3O3. The number of rotatable bonds is 4. The maximum Gasteiger partial charge on any atom is 0.254 e. The Labute approximate surface area is 220 Å². The lowest BCUT2D eigenvalue weighted by Gasteiger charge is -2.35. The van der Waals surface area contributed by atoms with Gasteiger partial charge in [-0.2, -0.15) is 0 Å². The first-order valence-electron chi connectivity index (χ1n) is 13.0. The molecule has 3 aromatic carbocycles. The number of carbonyl (C=O) groups excluding carboxylic acids is 1. The number of morpholine rings is 1. The number of ether oxygens (including phenoxy) is 1. The van der Waals surface area contributed by atoms with Crippen molar-refractivity contribution < 1.29 is 18.4 Å². The topological polar surface area (TPSA) is 60.5 Å². The van der Waals surface area contributed by atoms with E-state index in [4.69, 9.17) is 9.26 Å². The number of benzene rings is 3. The van der Waals surface area contributed by atoms with Crippen molar-refractivity contribution in [3.8, 4) is 11.1 Å². The van der Waals surface area contributed by atoms with Crippen LogP contribution in [0.2, 0.25) is 0 Å². The summed E-state index contributed by atoms with van der Waals surface area (Å²) in [6.07, 6.45) is 0.00437. The van der Waals surface area contributed by atoms with Gasteiger partial charge in [0, 0.05) is 47.1 Å². The summed E-state index contributed by atoms with van der Waals surface area (Å²) < 4.78 is 27.5. The molecule has 1 amide bonds. The molecule has 2 atom stereocenters. The van der Waals surface area contributed by atoms with Gasteiger partial charge in [-0.15, -0.1) is 0 Å². The van der Waals surface area contributed by atoms with Crippen molar-refractivity contribution in [1.29, 1.82) is 0 Å². The summed E-state index contributed by atoms with van der Waals surface area (Å²) in [5.74, 6) is 0.505. The van der Waals surface area contributed by atoms with Gasteiger partial charge in [-0.05, 0) is 75.2 Å². The van der Waals surface area contributed by atoms with Gasteiger partial charge in [0.25, 0.3) is 5.91 Å². The van der Waals surface area contributed by atoms with Crippen molar-refractivity contribution in [2.45, 2.75) is 46.4 Å². The lowest BCUT2D eigenvalue weighted by Crippen LogP contribution is -2.48. The van der Waals surface area contributed by atoms with Crippen molar-refractivity contribution >= 4 is 27.7 Å². The highest BCUT2D eigenvalue weighted by Gasteiger charge is 2.27. The number of aryl methyl sites for hydroxylation is 2. The number of amides is 1. The molecule has 6 nitrogen and oxygen atoms in total. The van der Waals surface area contributed by atoms with Gasteiger partial charge in [-0.3, -0.25) is 4.79 Å². The average Bonchev–Trinajstić information content (AvgIpc) is 3.38. The van der Waals surface area contributed by atoms with Crippen LogP contribution < -0.4 is 0 Å². The molecular weight excluding hydrogens is 481 g/mol. The Morgan fingerprint density at radius 2 is 1.76 bits per heavy atom. The molecule has 2 aromatic heterocycles. The number of nitrogens with zero attached hydrogens (tertiary/aromatic N) is 3. The molecule has 0 bridgehead atoms. The molecule has 194 valence electrons. The number of fused-ring (bicyclic) bond motifs is 3. The summed E-state index contributed by atoms with van der Waals surface area (Å²) in [5, 5.41) is 6.15. The number of aromatic nitrogens is 2. The first-order chi connectivity index (χ1) is 18.3. The second-order valence-corrected chi connectivity index (χ2v) is 10.3. The molecule has 1 fully saturated rings. The molecule has 38 heavy (non-hydrogen) atoms. The van der Waals surface area contributed by atoms with E-state index in [1.165, 1.54) is 6.07 Å². The zero-order chi connectivity index (χ0) is 26.6. The van der Waals surface area contributed by atoms with E-state index < -0.39 is 0 Å². The summed E-state index contributed by atoms with van der Waals surface area (Å²) in [7, 11) is 0. The van der Waals surface area contributed by atoms with Crippen LogP contribution >= 0.6 is 0 Å². The molecule has 0 saturated carbocycles. The summed E-state index contributed by atoms with van der Waals surface area (Å²) in [6, 6.07) is 18.9. The first-order valence-corrected chi connectivity index (χ1v) is 13.0. The van der Waals surface area contributed by atoms with Gasteiger partial charge in [0.1, 0.15) is 11.6 Å². The molecule has 1 aliphatic rings. The lowest BCUT2D eigenvalue weighted by atomic mass is 10.0. The predicted octanol–water partition coefficient (Wildman–Crippen LogP) is 6.50. The van der Waals surface area contributed by atoms with Crippen LogP contribution in [-0.2, 0) is 11.3 Å². The van der Waals surface area contributed by atoms with E-state index in [-0.39, 0.29) is 23.9 Å². The molecule has 1 aliphatic heterocycles. The number of hydrogen-bond acceptors (Lipinski definition) is 4. The normalized spacial score (nSPS) is 18.0. The summed E-state index contributed by atoms with van der Waals surface area (Å²) in [6.45, 7) is 9.48. The summed E-state index contributed by atoms with van der Waals surface area (Å²) >= 11 is 0. The lowest BCUT2D eigenvalue weighted by molar-refractivity contribution is -0.0586. The highest BCUT2D eigenvalue weighted by Crippen LogP contribution is 2.36. The van der Waals surface area contributed by atoms with Crippen molar-refractivity contribution in [2.75, 3.05) is 13.1 Å². The van der Waals surface area contributed by atoms with Crippen molar-refractivity contribution in [1.82, 2.24) is 14.6 Å². The van der Waals surface area contributed by atoms with E-state index in [0.29, 0.717) is 25.2 Å². The van der Waals surface area contributed by atoms with E-state index >= 15 is 0 Å². The fourth-order valence-electron chi connectivity index (χ4n) is 5.80. The standard InChI is InChI=1S/C31H30FN3O3/c1-18-15-34(16-19(2)37-18)31(36)24-9-11-28-27(13-24)26-10-8-23(30-20(3)33-38-21(30)4)14-29(26)35(28)17-22-6-5-7-25(32)12-22/h5-14,18-19H,15-17H2,1-4H3/t18-,19+. The van der Waals surface area contributed by atoms with Crippen LogP contribution in [0.25, 0.3) is 32.9 Å². The third-order valence-corrected chi connectivity index (χ3v) is 7.37. The minimum Gasteiger partial charge on any atom is -0.372 e. The smallest absolute Gasteiger partial charge is 0.254 e. The second-order valence-electron chi connectivity index (χ2n) is 10.3. The zero-order valence-electron chi connectivity index (χ0n) is 22.0. The second kappa shape index (κ2) is 9.40. The van der Waals surface area contributed by atoms with Gasteiger partial charge < -0.3 is 18.7 Å². The number of hydrogen-bond donors (Lipinski definition) is 0. The zero-order valence-corrected chi connectivity index (χ0v) is 22.0. The van der Waals surface area contributed by atoms with E-state index in [0.717, 1.165) is 50.0 Å². The van der Waals surface area contributed by atoms with Crippen LogP contribution in [0.1, 0.15) is 41.2 Å². The van der Waals surface area contributed by atoms with Crippen molar-refractivity contribution in [3.05, 3.63) is 89.1 Å². The number of halogens is 1. The highest BCUT2D eigenvalue weighted by atomic mass is 19.1. The Morgan fingerprint density at radius 3 is 2.47 bits per heavy atom. The largest absolute Gasteiger partial charge is 0.372 e. The van der Waals surface area contributed by atoms with Gasteiger partial charge in [0.15, 0.2) is 0 Å². The fraction of sp³-hybridized carbons (Fsp3) is 0.290. The summed E-state index contributed by atoms with van der Waals surface area (Å²) in [5.41, 5.74) is 6.31. The quantitative estimate of drug-likeness (QED) is 0.276. The molecule has 0 N–H and O–H groups in total.